The number of aromatic carboxylic acids is 1. The minimum atomic E-state index is -1.03. The zero-order valence-corrected chi connectivity index (χ0v) is 19.4. The minimum Gasteiger partial charge on any atom is -0.494 e. The van der Waals surface area contributed by atoms with E-state index in [0.717, 1.165) is 47.3 Å². The third-order valence-electron chi connectivity index (χ3n) is 5.82. The van der Waals surface area contributed by atoms with Crippen LogP contribution in [-0.2, 0) is 19.1 Å². The van der Waals surface area contributed by atoms with Crippen LogP contribution in [0.4, 0.5) is 0 Å². The van der Waals surface area contributed by atoms with Crippen LogP contribution in [0, 0.1) is 0 Å². The summed E-state index contributed by atoms with van der Waals surface area (Å²) in [6, 6.07) is 9.15. The number of ether oxygens (including phenoxy) is 1. The van der Waals surface area contributed by atoms with Crippen molar-refractivity contribution in [3.8, 4) is 17.3 Å². The van der Waals surface area contributed by atoms with Gasteiger partial charge in [0.2, 0.25) is 0 Å². The molecule has 0 amide bonds. The van der Waals surface area contributed by atoms with Gasteiger partial charge in [-0.1, -0.05) is 6.08 Å². The van der Waals surface area contributed by atoms with E-state index in [1.165, 1.54) is 13.2 Å². The van der Waals surface area contributed by atoms with Crippen molar-refractivity contribution >= 4 is 28.0 Å². The molecule has 8 heteroatoms. The second kappa shape index (κ2) is 8.37. The molecule has 1 aromatic carbocycles. The molecule has 0 unspecified atom stereocenters. The number of imidazole rings is 1. The number of hydrogen-bond acceptors (Lipinski definition) is 5. The van der Waals surface area contributed by atoms with Gasteiger partial charge in [-0.05, 0) is 57.0 Å². The second-order valence-electron chi connectivity index (χ2n) is 8.79. The van der Waals surface area contributed by atoms with Gasteiger partial charge >= 0.3 is 5.97 Å². The predicted molar refractivity (Wildman–Crippen MR) is 130 cm³/mol. The first kappa shape index (κ1) is 22.5. The van der Waals surface area contributed by atoms with E-state index >= 15 is 0 Å². The Bertz CT molecular complexity index is 1370. The fraction of sp³-hybridized carbons (Fsp3) is 0.320. The monoisotopic (exact) mass is 447 g/mol. The number of carbonyl (C=O) groups is 1. The van der Waals surface area contributed by atoms with Gasteiger partial charge in [-0.25, -0.2) is 14.8 Å². The second-order valence-corrected chi connectivity index (χ2v) is 8.79. The lowest BCUT2D eigenvalue weighted by atomic mass is 10.0. The van der Waals surface area contributed by atoms with Crippen LogP contribution in [0.1, 0.15) is 42.7 Å². The number of benzene rings is 1. The summed E-state index contributed by atoms with van der Waals surface area (Å²) >= 11 is 0. The largest absolute Gasteiger partial charge is 0.494 e. The Hall–Kier alpha value is -3.65. The summed E-state index contributed by atoms with van der Waals surface area (Å²) in [5.74, 6) is 0.142. The average Bonchev–Trinajstić information content (AvgIpc) is 3.29. The van der Waals surface area contributed by atoms with Crippen molar-refractivity contribution in [2.75, 3.05) is 7.11 Å². The van der Waals surface area contributed by atoms with E-state index in [-0.39, 0.29) is 5.56 Å². The molecule has 3 N–H and O–H groups in total. The molecule has 0 bridgehead atoms. The van der Waals surface area contributed by atoms with Crippen LogP contribution < -0.4 is 10.5 Å². The standard InChI is InChI=1S/C25H29N5O3/c1-6-7-8-11-30-18(13-15-9-10-20(25(2,3)26)28-22(15)30)23-27-17-12-16(24(31)32)14-19(33-5)21(17)29(23)4/h6,9-10,12-14H,1,7-8,11,26H2,2-5H3,(H,31,32). The van der Waals surface area contributed by atoms with E-state index in [1.807, 2.05) is 43.7 Å². The fourth-order valence-electron chi connectivity index (χ4n) is 4.11. The normalized spacial score (nSPS) is 11.9. The molecule has 4 rings (SSSR count). The number of nitrogens with zero attached hydrogens (tertiary/aromatic N) is 4. The molecule has 0 fully saturated rings. The summed E-state index contributed by atoms with van der Waals surface area (Å²) in [5, 5.41) is 10.5. The summed E-state index contributed by atoms with van der Waals surface area (Å²) in [5.41, 5.74) is 9.72. The fourth-order valence-corrected chi connectivity index (χ4v) is 4.11. The van der Waals surface area contributed by atoms with Crippen LogP contribution in [0.15, 0.2) is 43.0 Å². The highest BCUT2D eigenvalue weighted by molar-refractivity contribution is 5.96. The van der Waals surface area contributed by atoms with Gasteiger partial charge < -0.3 is 24.7 Å². The van der Waals surface area contributed by atoms with Crippen molar-refractivity contribution in [3.63, 3.8) is 0 Å². The molecule has 8 nitrogen and oxygen atoms in total. The molecular weight excluding hydrogens is 418 g/mol. The molecule has 0 atom stereocenters. The van der Waals surface area contributed by atoms with Crippen LogP contribution in [0.5, 0.6) is 5.75 Å². The first-order chi connectivity index (χ1) is 15.7. The maximum atomic E-state index is 11.6. The van der Waals surface area contributed by atoms with Gasteiger partial charge in [-0.2, -0.15) is 0 Å². The molecule has 3 heterocycles. The van der Waals surface area contributed by atoms with Gasteiger partial charge in [0.1, 0.15) is 16.9 Å². The van der Waals surface area contributed by atoms with E-state index in [2.05, 4.69) is 17.2 Å². The zero-order chi connectivity index (χ0) is 23.9. The number of rotatable bonds is 8. The quantitative estimate of drug-likeness (QED) is 0.305. The minimum absolute atomic E-state index is 0.131. The molecule has 0 radical (unpaired) electrons. The van der Waals surface area contributed by atoms with E-state index < -0.39 is 11.5 Å². The third kappa shape index (κ3) is 3.98. The summed E-state index contributed by atoms with van der Waals surface area (Å²) in [6.07, 6.45) is 3.68. The van der Waals surface area contributed by atoms with Crippen molar-refractivity contribution in [2.45, 2.75) is 38.8 Å². The van der Waals surface area contributed by atoms with Crippen molar-refractivity contribution in [1.29, 1.82) is 0 Å². The number of carboxylic acid groups (broad SMARTS) is 1. The molecule has 0 aliphatic heterocycles. The van der Waals surface area contributed by atoms with E-state index in [9.17, 15) is 9.90 Å². The average molecular weight is 448 g/mol. The summed E-state index contributed by atoms with van der Waals surface area (Å²) in [6.45, 7) is 8.43. The lowest BCUT2D eigenvalue weighted by Crippen LogP contribution is -2.29. The molecule has 0 aliphatic rings. The summed E-state index contributed by atoms with van der Waals surface area (Å²) < 4.78 is 9.59. The lowest BCUT2D eigenvalue weighted by molar-refractivity contribution is 0.0696. The highest BCUT2D eigenvalue weighted by Crippen LogP contribution is 2.34. The van der Waals surface area contributed by atoms with Crippen LogP contribution >= 0.6 is 0 Å². The predicted octanol–water partition coefficient (Wildman–Crippen LogP) is 4.46. The van der Waals surface area contributed by atoms with Crippen molar-refractivity contribution in [3.05, 3.63) is 54.2 Å². The Morgan fingerprint density at radius 3 is 2.67 bits per heavy atom. The molecule has 0 saturated heterocycles. The molecule has 172 valence electrons. The molecular formula is C25H29N5O3. The molecule has 4 aromatic rings. The van der Waals surface area contributed by atoms with E-state index in [0.29, 0.717) is 17.1 Å². The smallest absolute Gasteiger partial charge is 0.335 e. The van der Waals surface area contributed by atoms with Gasteiger partial charge in [-0.15, -0.1) is 6.58 Å². The zero-order valence-electron chi connectivity index (χ0n) is 19.4. The SMILES string of the molecule is C=CCCCn1c(-c2nc3cc(C(=O)O)cc(OC)c3n2C)cc2ccc(C(C)(C)N)nc21. The van der Waals surface area contributed by atoms with E-state index in [1.54, 1.807) is 6.07 Å². The maximum absolute atomic E-state index is 11.6. The Labute approximate surface area is 192 Å². The summed E-state index contributed by atoms with van der Waals surface area (Å²) in [4.78, 5) is 21.3. The van der Waals surface area contributed by atoms with E-state index in [4.69, 9.17) is 20.4 Å². The number of aromatic nitrogens is 4. The Morgan fingerprint density at radius 2 is 2.03 bits per heavy atom. The van der Waals surface area contributed by atoms with Crippen molar-refractivity contribution in [2.24, 2.45) is 12.8 Å². The van der Waals surface area contributed by atoms with Crippen molar-refractivity contribution < 1.29 is 14.6 Å². The number of carboxylic acids is 1. The highest BCUT2D eigenvalue weighted by atomic mass is 16.5. The van der Waals surface area contributed by atoms with Crippen LogP contribution in [-0.4, -0.2) is 37.3 Å². The Morgan fingerprint density at radius 1 is 1.27 bits per heavy atom. The molecule has 3 aromatic heterocycles. The third-order valence-corrected chi connectivity index (χ3v) is 5.82. The number of unbranched alkanes of at least 4 members (excludes halogenated alkanes) is 1. The van der Waals surface area contributed by atoms with Gasteiger partial charge in [-0.3, -0.25) is 0 Å². The number of nitrogens with two attached hydrogens (primary N) is 1. The Balaban J connectivity index is 1.98. The maximum Gasteiger partial charge on any atom is 0.335 e. The summed E-state index contributed by atoms with van der Waals surface area (Å²) in [7, 11) is 3.43. The van der Waals surface area contributed by atoms with Gasteiger partial charge in [0.25, 0.3) is 0 Å². The molecule has 33 heavy (non-hydrogen) atoms. The molecule has 0 spiro atoms. The first-order valence-corrected chi connectivity index (χ1v) is 10.8. The van der Waals surface area contributed by atoms with Crippen LogP contribution in [0.2, 0.25) is 0 Å². The number of hydrogen-bond donors (Lipinski definition) is 2. The first-order valence-electron chi connectivity index (χ1n) is 10.8. The topological polar surface area (TPSA) is 108 Å². The van der Waals surface area contributed by atoms with Crippen molar-refractivity contribution in [1.82, 2.24) is 19.1 Å². The number of methoxy groups -OCH3 is 1. The van der Waals surface area contributed by atoms with Gasteiger partial charge in [0, 0.05) is 19.0 Å². The van der Waals surface area contributed by atoms with Crippen LogP contribution in [0.3, 0.4) is 0 Å². The number of pyridine rings is 1. The van der Waals surface area contributed by atoms with Gasteiger partial charge in [0.15, 0.2) is 5.82 Å². The Kier molecular flexibility index (Phi) is 5.71. The lowest BCUT2D eigenvalue weighted by Gasteiger charge is -2.18. The number of allylic oxidation sites excluding steroid dienone is 1. The number of fused-ring (bicyclic) bond motifs is 2. The van der Waals surface area contributed by atoms with Gasteiger partial charge in [0.05, 0.1) is 35.1 Å². The number of aryl methyl sites for hydroxylation is 2. The molecule has 0 aliphatic carbocycles. The highest BCUT2D eigenvalue weighted by Gasteiger charge is 2.23. The molecule has 0 saturated carbocycles. The van der Waals surface area contributed by atoms with Crippen LogP contribution in [0.25, 0.3) is 33.6 Å².